The van der Waals surface area contributed by atoms with Crippen molar-refractivity contribution >= 4 is 11.6 Å². The Kier molecular flexibility index (Phi) is 7.99. The third-order valence-electron chi connectivity index (χ3n) is 6.74. The van der Waals surface area contributed by atoms with E-state index in [1.54, 1.807) is 6.07 Å². The lowest BCUT2D eigenvalue weighted by molar-refractivity contribution is -0.124. The van der Waals surface area contributed by atoms with Gasteiger partial charge in [0.1, 0.15) is 11.6 Å². The molecular formula is C26H34FN3O2. The fourth-order valence-corrected chi connectivity index (χ4v) is 4.82. The van der Waals surface area contributed by atoms with E-state index in [4.69, 9.17) is 4.74 Å². The zero-order valence-electron chi connectivity index (χ0n) is 18.7. The molecular weight excluding hydrogens is 405 g/mol. The second-order valence-electron chi connectivity index (χ2n) is 8.96. The Morgan fingerprint density at radius 3 is 2.34 bits per heavy atom. The first kappa shape index (κ1) is 22.6. The molecule has 1 N–H and O–H groups in total. The van der Waals surface area contributed by atoms with Crippen LogP contribution in [0.3, 0.4) is 0 Å². The number of para-hydroxylation sites is 2. The summed E-state index contributed by atoms with van der Waals surface area (Å²) >= 11 is 0. The molecule has 2 fully saturated rings. The summed E-state index contributed by atoms with van der Waals surface area (Å²) in [5.74, 6) is 1.29. The summed E-state index contributed by atoms with van der Waals surface area (Å²) in [7, 11) is 0. The molecule has 1 aliphatic heterocycles. The molecule has 0 spiro atoms. The summed E-state index contributed by atoms with van der Waals surface area (Å²) in [6.07, 6.45) is 5.63. The fourth-order valence-electron chi connectivity index (χ4n) is 4.82. The molecule has 0 bridgehead atoms. The van der Waals surface area contributed by atoms with Gasteiger partial charge in [0.25, 0.3) is 5.91 Å². The molecule has 2 aliphatic rings. The van der Waals surface area contributed by atoms with Crippen molar-refractivity contribution in [3.8, 4) is 5.75 Å². The van der Waals surface area contributed by atoms with E-state index in [1.807, 2.05) is 42.5 Å². The number of halogens is 1. The van der Waals surface area contributed by atoms with Crippen LogP contribution in [-0.2, 0) is 4.79 Å². The first-order valence-corrected chi connectivity index (χ1v) is 11.9. The molecule has 0 unspecified atom stereocenters. The number of nitrogens with zero attached hydrogens (tertiary/aromatic N) is 2. The maximum absolute atomic E-state index is 14.0. The molecule has 32 heavy (non-hydrogen) atoms. The lowest BCUT2D eigenvalue weighted by atomic mass is 9.84. The number of carbonyl (C=O) groups excluding carboxylic acids is 1. The third-order valence-corrected chi connectivity index (χ3v) is 6.74. The van der Waals surface area contributed by atoms with Gasteiger partial charge in [-0.3, -0.25) is 9.69 Å². The van der Waals surface area contributed by atoms with Gasteiger partial charge in [-0.15, -0.1) is 0 Å². The zero-order valence-corrected chi connectivity index (χ0v) is 18.7. The van der Waals surface area contributed by atoms with Crippen LogP contribution in [0.15, 0.2) is 54.6 Å². The number of carbonyl (C=O) groups is 1. The smallest absolute Gasteiger partial charge is 0.258 e. The van der Waals surface area contributed by atoms with E-state index in [0.717, 1.165) is 62.9 Å². The Hall–Kier alpha value is -2.60. The van der Waals surface area contributed by atoms with Crippen molar-refractivity contribution in [2.45, 2.75) is 38.1 Å². The standard InChI is InChI=1S/C26H34FN3O2/c27-24-8-4-5-9-25(24)30-18-16-29(17-19-30)15-14-21-10-12-22(13-11-21)28-26(31)20-32-23-6-2-1-3-7-23/h1-9,21-22H,10-20H2,(H,28,31)/t21-,22-. The fraction of sp³-hybridized carbons (Fsp3) is 0.500. The van der Waals surface area contributed by atoms with Crippen LogP contribution in [0.5, 0.6) is 5.75 Å². The highest BCUT2D eigenvalue weighted by atomic mass is 19.1. The van der Waals surface area contributed by atoms with E-state index >= 15 is 0 Å². The topological polar surface area (TPSA) is 44.8 Å². The second-order valence-corrected chi connectivity index (χ2v) is 8.96. The average Bonchev–Trinajstić information content (AvgIpc) is 2.84. The molecule has 1 amide bonds. The molecule has 1 saturated heterocycles. The predicted molar refractivity (Wildman–Crippen MR) is 125 cm³/mol. The Labute approximate surface area is 190 Å². The Balaban J connectivity index is 1.10. The number of hydrogen-bond acceptors (Lipinski definition) is 4. The minimum Gasteiger partial charge on any atom is -0.484 e. The van der Waals surface area contributed by atoms with Crippen molar-refractivity contribution in [2.75, 3.05) is 44.2 Å². The van der Waals surface area contributed by atoms with Gasteiger partial charge in [-0.1, -0.05) is 30.3 Å². The minimum atomic E-state index is -0.128. The highest BCUT2D eigenvalue weighted by molar-refractivity contribution is 5.77. The first-order valence-electron chi connectivity index (χ1n) is 11.9. The van der Waals surface area contributed by atoms with Crippen molar-refractivity contribution in [1.29, 1.82) is 0 Å². The largest absolute Gasteiger partial charge is 0.484 e. The Morgan fingerprint density at radius 2 is 1.62 bits per heavy atom. The van der Waals surface area contributed by atoms with Gasteiger partial charge in [0.2, 0.25) is 0 Å². The molecule has 2 aromatic carbocycles. The second kappa shape index (κ2) is 11.3. The van der Waals surface area contributed by atoms with E-state index in [0.29, 0.717) is 0 Å². The highest BCUT2D eigenvalue weighted by Gasteiger charge is 2.24. The van der Waals surface area contributed by atoms with Gasteiger partial charge in [0.15, 0.2) is 6.61 Å². The highest BCUT2D eigenvalue weighted by Crippen LogP contribution is 2.27. The number of benzene rings is 2. The maximum Gasteiger partial charge on any atom is 0.258 e. The number of rotatable bonds is 8. The van der Waals surface area contributed by atoms with Gasteiger partial charge >= 0.3 is 0 Å². The number of amides is 1. The molecule has 172 valence electrons. The van der Waals surface area contributed by atoms with Gasteiger partial charge in [0, 0.05) is 32.2 Å². The number of hydrogen-bond donors (Lipinski definition) is 1. The van der Waals surface area contributed by atoms with Gasteiger partial charge in [-0.05, 0) is 68.8 Å². The Morgan fingerprint density at radius 1 is 0.938 bits per heavy atom. The van der Waals surface area contributed by atoms with Gasteiger partial charge in [0.05, 0.1) is 5.69 Å². The molecule has 4 rings (SSSR count). The van der Waals surface area contributed by atoms with Gasteiger partial charge in [-0.25, -0.2) is 4.39 Å². The molecule has 6 heteroatoms. The van der Waals surface area contributed by atoms with E-state index in [2.05, 4.69) is 15.1 Å². The molecule has 1 heterocycles. The lowest BCUT2D eigenvalue weighted by Gasteiger charge is -2.37. The van der Waals surface area contributed by atoms with E-state index in [1.165, 1.54) is 25.3 Å². The molecule has 1 saturated carbocycles. The van der Waals surface area contributed by atoms with Crippen LogP contribution in [0, 0.1) is 11.7 Å². The molecule has 0 atom stereocenters. The molecule has 1 aliphatic carbocycles. The van der Waals surface area contributed by atoms with E-state index < -0.39 is 0 Å². The van der Waals surface area contributed by atoms with Crippen LogP contribution in [0.2, 0.25) is 0 Å². The molecule has 0 aromatic heterocycles. The average molecular weight is 440 g/mol. The number of nitrogens with one attached hydrogen (secondary N) is 1. The summed E-state index contributed by atoms with van der Waals surface area (Å²) in [6, 6.07) is 16.8. The molecule has 0 radical (unpaired) electrons. The first-order chi connectivity index (χ1) is 15.7. The van der Waals surface area contributed by atoms with Crippen LogP contribution < -0.4 is 15.0 Å². The van der Waals surface area contributed by atoms with Crippen molar-refractivity contribution < 1.29 is 13.9 Å². The lowest BCUT2D eigenvalue weighted by Crippen LogP contribution is -2.47. The van der Waals surface area contributed by atoms with Crippen LogP contribution in [-0.4, -0.2) is 56.2 Å². The van der Waals surface area contributed by atoms with E-state index in [9.17, 15) is 9.18 Å². The normalized spacial score (nSPS) is 21.8. The van der Waals surface area contributed by atoms with Crippen LogP contribution in [0.4, 0.5) is 10.1 Å². The summed E-state index contributed by atoms with van der Waals surface area (Å²) in [5.41, 5.74) is 0.724. The van der Waals surface area contributed by atoms with Gasteiger partial charge in [-0.2, -0.15) is 0 Å². The quantitative estimate of drug-likeness (QED) is 0.673. The third kappa shape index (κ3) is 6.45. The van der Waals surface area contributed by atoms with Crippen molar-refractivity contribution in [3.63, 3.8) is 0 Å². The van der Waals surface area contributed by atoms with Gasteiger partial charge < -0.3 is 15.0 Å². The minimum absolute atomic E-state index is 0.0370. The molecule has 2 aromatic rings. The molecule has 5 nitrogen and oxygen atoms in total. The summed E-state index contributed by atoms with van der Waals surface area (Å²) in [6.45, 7) is 4.92. The SMILES string of the molecule is O=C(COc1ccccc1)N[C@H]1CC[C@H](CCN2CCN(c3ccccc3F)CC2)CC1. The monoisotopic (exact) mass is 439 g/mol. The number of anilines is 1. The predicted octanol–water partition coefficient (Wildman–Crippen LogP) is 4.09. The summed E-state index contributed by atoms with van der Waals surface area (Å²) in [4.78, 5) is 16.8. The zero-order chi connectivity index (χ0) is 22.2. The van der Waals surface area contributed by atoms with Crippen molar-refractivity contribution in [1.82, 2.24) is 10.2 Å². The van der Waals surface area contributed by atoms with Crippen LogP contribution in [0.1, 0.15) is 32.1 Å². The summed E-state index contributed by atoms with van der Waals surface area (Å²) < 4.78 is 19.5. The number of piperazine rings is 1. The maximum atomic E-state index is 14.0. The number of ether oxygens (including phenoxy) is 1. The van der Waals surface area contributed by atoms with Crippen LogP contribution >= 0.6 is 0 Å². The van der Waals surface area contributed by atoms with Crippen LogP contribution in [0.25, 0.3) is 0 Å². The van der Waals surface area contributed by atoms with E-state index in [-0.39, 0.29) is 24.4 Å². The Bertz CT molecular complexity index is 847. The summed E-state index contributed by atoms with van der Waals surface area (Å²) in [5, 5.41) is 3.13. The van der Waals surface area contributed by atoms with Crippen molar-refractivity contribution in [3.05, 3.63) is 60.4 Å². The van der Waals surface area contributed by atoms with Crippen molar-refractivity contribution in [2.24, 2.45) is 5.92 Å².